The van der Waals surface area contributed by atoms with Gasteiger partial charge in [-0.2, -0.15) is 0 Å². The molecule has 1 atom stereocenters. The summed E-state index contributed by atoms with van der Waals surface area (Å²) in [4.78, 5) is 23.9. The number of aliphatic hydroxyl groups is 1. The van der Waals surface area contributed by atoms with E-state index in [0.29, 0.717) is 12.8 Å². The van der Waals surface area contributed by atoms with Crippen molar-refractivity contribution in [3.8, 4) is 0 Å². The lowest BCUT2D eigenvalue weighted by Crippen LogP contribution is -2.28. The van der Waals surface area contributed by atoms with Crippen LogP contribution in [0.1, 0.15) is 168 Å². The van der Waals surface area contributed by atoms with E-state index >= 15 is 0 Å². The number of carbonyl (C=O) groups is 2. The van der Waals surface area contributed by atoms with Crippen LogP contribution in [0.3, 0.4) is 0 Å². The molecule has 0 heterocycles. The first-order valence-electron chi connectivity index (χ1n) is 20.1. The number of esters is 2. The summed E-state index contributed by atoms with van der Waals surface area (Å²) in [6, 6.07) is 0. The first-order valence-corrected chi connectivity index (χ1v) is 20.1. The van der Waals surface area contributed by atoms with Crippen LogP contribution in [0.25, 0.3) is 0 Å². The van der Waals surface area contributed by atoms with Crippen LogP contribution in [-0.2, 0) is 19.1 Å². The first-order chi connectivity index (χ1) is 24.6. The molecule has 0 saturated carbocycles. The number of hydrogen-bond donors (Lipinski definition) is 1. The monoisotopic (exact) mass is 695 g/mol. The molecule has 0 amide bonds. The predicted molar refractivity (Wildman–Crippen MR) is 214 cm³/mol. The minimum Gasteiger partial charge on any atom is -0.462 e. The zero-order valence-corrected chi connectivity index (χ0v) is 32.1. The van der Waals surface area contributed by atoms with Crippen LogP contribution in [-0.4, -0.2) is 36.4 Å². The van der Waals surface area contributed by atoms with Crippen molar-refractivity contribution >= 4 is 11.9 Å². The largest absolute Gasteiger partial charge is 0.462 e. The number of ether oxygens (including phenoxy) is 2. The van der Waals surface area contributed by atoms with Crippen LogP contribution in [0, 0.1) is 0 Å². The van der Waals surface area contributed by atoms with Gasteiger partial charge in [0.2, 0.25) is 0 Å². The molecule has 284 valence electrons. The van der Waals surface area contributed by atoms with E-state index in [1.165, 1.54) is 51.4 Å². The van der Waals surface area contributed by atoms with Crippen LogP contribution in [0.5, 0.6) is 0 Å². The second kappa shape index (κ2) is 40.5. The van der Waals surface area contributed by atoms with Gasteiger partial charge >= 0.3 is 11.9 Å². The van der Waals surface area contributed by atoms with Gasteiger partial charge in [-0.15, -0.1) is 0 Å². The number of carbonyl (C=O) groups excluding carboxylic acids is 2. The highest BCUT2D eigenvalue weighted by Crippen LogP contribution is 2.13. The third-order valence-corrected chi connectivity index (χ3v) is 8.20. The van der Waals surface area contributed by atoms with E-state index in [9.17, 15) is 14.7 Å². The van der Waals surface area contributed by atoms with E-state index in [0.717, 1.165) is 89.9 Å². The van der Waals surface area contributed by atoms with Gasteiger partial charge in [0.15, 0.2) is 6.10 Å². The highest BCUT2D eigenvalue weighted by atomic mass is 16.6. The van der Waals surface area contributed by atoms with E-state index in [-0.39, 0.29) is 25.2 Å². The normalized spacial score (nSPS) is 13.1. The van der Waals surface area contributed by atoms with E-state index in [1.54, 1.807) is 0 Å². The van der Waals surface area contributed by atoms with Gasteiger partial charge in [0, 0.05) is 12.8 Å². The minimum absolute atomic E-state index is 0.0728. The summed E-state index contributed by atoms with van der Waals surface area (Å²) >= 11 is 0. The van der Waals surface area contributed by atoms with Crippen molar-refractivity contribution in [2.45, 2.75) is 174 Å². The number of hydrogen-bond acceptors (Lipinski definition) is 5. The summed E-state index contributed by atoms with van der Waals surface area (Å²) in [5, 5.41) is 9.47. The Hall–Kier alpha value is -2.92. The smallest absolute Gasteiger partial charge is 0.306 e. The van der Waals surface area contributed by atoms with Crippen molar-refractivity contribution < 1.29 is 24.2 Å². The molecule has 0 aromatic rings. The molecule has 0 radical (unpaired) electrons. The van der Waals surface area contributed by atoms with Crippen LogP contribution in [0.15, 0.2) is 85.1 Å². The minimum atomic E-state index is -0.774. The van der Waals surface area contributed by atoms with Crippen molar-refractivity contribution in [1.29, 1.82) is 0 Å². The average Bonchev–Trinajstić information content (AvgIpc) is 3.12. The molecule has 5 heteroatoms. The van der Waals surface area contributed by atoms with Gasteiger partial charge in [-0.25, -0.2) is 0 Å². The van der Waals surface area contributed by atoms with E-state index < -0.39 is 6.10 Å². The molecule has 0 aliphatic carbocycles. The maximum absolute atomic E-state index is 12.1. The van der Waals surface area contributed by atoms with Gasteiger partial charge in [-0.3, -0.25) is 9.59 Å². The summed E-state index contributed by atoms with van der Waals surface area (Å²) < 4.78 is 10.5. The lowest BCUT2D eigenvalue weighted by Gasteiger charge is -2.15. The maximum Gasteiger partial charge on any atom is 0.306 e. The summed E-state index contributed by atoms with van der Waals surface area (Å²) in [6.07, 6.45) is 55.5. The van der Waals surface area contributed by atoms with Crippen LogP contribution >= 0.6 is 0 Å². The van der Waals surface area contributed by atoms with E-state index in [2.05, 4.69) is 98.9 Å². The van der Waals surface area contributed by atoms with Gasteiger partial charge in [0.25, 0.3) is 0 Å². The van der Waals surface area contributed by atoms with Crippen molar-refractivity contribution in [3.63, 3.8) is 0 Å². The molecule has 0 aliphatic heterocycles. The molecular formula is C45H74O5. The van der Waals surface area contributed by atoms with Gasteiger partial charge < -0.3 is 14.6 Å². The van der Waals surface area contributed by atoms with Crippen molar-refractivity contribution in [2.75, 3.05) is 13.2 Å². The summed E-state index contributed by atoms with van der Waals surface area (Å²) in [6.45, 7) is 3.91. The Morgan fingerprint density at radius 2 is 0.860 bits per heavy atom. The molecule has 0 fully saturated rings. The molecule has 1 N–H and O–H groups in total. The zero-order chi connectivity index (χ0) is 36.4. The van der Waals surface area contributed by atoms with Gasteiger partial charge in [-0.1, -0.05) is 170 Å². The lowest BCUT2D eigenvalue weighted by atomic mass is 10.1. The number of aliphatic hydroxyl groups excluding tert-OH is 1. The van der Waals surface area contributed by atoms with Gasteiger partial charge in [-0.05, 0) is 70.6 Å². The molecule has 5 nitrogen and oxygen atoms in total. The van der Waals surface area contributed by atoms with Crippen molar-refractivity contribution in [1.82, 2.24) is 0 Å². The Morgan fingerprint density at radius 3 is 1.30 bits per heavy atom. The highest BCUT2D eigenvalue weighted by Gasteiger charge is 2.16. The molecule has 0 bridgehead atoms. The molecule has 0 spiro atoms. The van der Waals surface area contributed by atoms with E-state index in [1.807, 2.05) is 0 Å². The van der Waals surface area contributed by atoms with Crippen LogP contribution in [0.2, 0.25) is 0 Å². The Morgan fingerprint density at radius 1 is 0.480 bits per heavy atom. The maximum atomic E-state index is 12.1. The number of allylic oxidation sites excluding steroid dienone is 14. The summed E-state index contributed by atoms with van der Waals surface area (Å²) in [5.41, 5.74) is 0. The van der Waals surface area contributed by atoms with Crippen molar-refractivity contribution in [2.24, 2.45) is 0 Å². The molecular weight excluding hydrogens is 620 g/mol. The first kappa shape index (κ1) is 47.1. The lowest BCUT2D eigenvalue weighted by molar-refractivity contribution is -0.161. The number of unbranched alkanes of at least 4 members (excludes halogenated alkanes) is 13. The fourth-order valence-corrected chi connectivity index (χ4v) is 5.18. The summed E-state index contributed by atoms with van der Waals surface area (Å²) in [7, 11) is 0. The molecule has 0 rings (SSSR count). The molecule has 50 heavy (non-hydrogen) atoms. The molecule has 0 aromatic carbocycles. The Balaban J connectivity index is 3.56. The quantitative estimate of drug-likeness (QED) is 0.0406. The summed E-state index contributed by atoms with van der Waals surface area (Å²) in [5.74, 6) is -0.619. The SMILES string of the molecule is CC/C=C\C/C=C\C/C=C\C/C=C\C/C=C\C/C=C\C/C=C\CCCCCCCCCCCC(=O)OC(CO)COC(=O)CCCCCCC. The Bertz CT molecular complexity index is 968. The fraction of sp³-hybridized carbons (Fsp3) is 0.644. The van der Waals surface area contributed by atoms with Crippen LogP contribution < -0.4 is 0 Å². The van der Waals surface area contributed by atoms with E-state index in [4.69, 9.17) is 9.47 Å². The second-order valence-corrected chi connectivity index (χ2v) is 13.0. The number of rotatable bonds is 35. The standard InChI is InChI=1S/C45H74O5/c1-3-5-7-9-10-11-12-13-14-15-16-17-18-19-20-21-22-23-24-25-26-27-28-29-30-31-32-33-34-36-38-40-45(48)50-43(41-46)42-49-44(47)39-37-35-8-6-4-2/h5,7,10-11,13-14,16-17,19-20,22-23,25-26,43,46H,3-4,6,8-9,12,15,18,21,24,27-42H2,1-2H3/b7-5-,11-10-,14-13-,17-16-,20-19-,23-22-,26-25-. The van der Waals surface area contributed by atoms with Gasteiger partial charge in [0.1, 0.15) is 6.61 Å². The average molecular weight is 695 g/mol. The topological polar surface area (TPSA) is 72.8 Å². The third kappa shape index (κ3) is 37.9. The Labute approximate surface area is 307 Å². The highest BCUT2D eigenvalue weighted by molar-refractivity contribution is 5.70. The fourth-order valence-electron chi connectivity index (χ4n) is 5.18. The second-order valence-electron chi connectivity index (χ2n) is 13.0. The molecule has 0 saturated heterocycles. The predicted octanol–water partition coefficient (Wildman–Crippen LogP) is 12.7. The molecule has 1 unspecified atom stereocenters. The third-order valence-electron chi connectivity index (χ3n) is 8.20. The van der Waals surface area contributed by atoms with Gasteiger partial charge in [0.05, 0.1) is 6.61 Å². The molecule has 0 aliphatic rings. The zero-order valence-electron chi connectivity index (χ0n) is 32.1. The van der Waals surface area contributed by atoms with Crippen molar-refractivity contribution in [3.05, 3.63) is 85.1 Å². The Kier molecular flexibility index (Phi) is 38.1. The molecule has 0 aromatic heterocycles. The van der Waals surface area contributed by atoms with Crippen LogP contribution in [0.4, 0.5) is 0 Å².